The van der Waals surface area contributed by atoms with Crippen molar-refractivity contribution in [1.29, 1.82) is 0 Å². The molecule has 0 spiro atoms. The molecule has 3 heterocycles. The van der Waals surface area contributed by atoms with E-state index in [1.165, 1.54) is 19.3 Å². The Bertz CT molecular complexity index is 1400. The van der Waals surface area contributed by atoms with Gasteiger partial charge >= 0.3 is 0 Å². The van der Waals surface area contributed by atoms with Gasteiger partial charge in [-0.15, -0.1) is 0 Å². The van der Waals surface area contributed by atoms with E-state index in [1.807, 2.05) is 41.8 Å². The van der Waals surface area contributed by atoms with E-state index in [1.54, 1.807) is 13.3 Å². The highest BCUT2D eigenvalue weighted by molar-refractivity contribution is 7.56. The van der Waals surface area contributed by atoms with Crippen LogP contribution in [0.15, 0.2) is 36.7 Å². The zero-order chi connectivity index (χ0) is 29.7. The summed E-state index contributed by atoms with van der Waals surface area (Å²) in [6, 6.07) is 9.01. The minimum Gasteiger partial charge on any atom is -0.476 e. The molecule has 0 bridgehead atoms. The van der Waals surface area contributed by atoms with Crippen LogP contribution in [-0.2, 0) is 24.8 Å². The van der Waals surface area contributed by atoms with Crippen molar-refractivity contribution < 1.29 is 23.4 Å². The van der Waals surface area contributed by atoms with Crippen molar-refractivity contribution in [3.05, 3.63) is 42.2 Å². The van der Waals surface area contributed by atoms with Crippen LogP contribution in [0, 0.1) is 11.8 Å². The molecule has 0 amide bonds. The summed E-state index contributed by atoms with van der Waals surface area (Å²) >= 11 is 0. The van der Waals surface area contributed by atoms with Crippen LogP contribution >= 0.6 is 7.52 Å². The molecule has 1 aliphatic carbocycles. The lowest BCUT2D eigenvalue weighted by atomic mass is 9.85. The first-order valence-electron chi connectivity index (χ1n) is 15.1. The Balaban J connectivity index is 1.27. The molecule has 228 valence electrons. The van der Waals surface area contributed by atoms with Crippen LogP contribution in [0.1, 0.15) is 77.5 Å². The Morgan fingerprint density at radius 1 is 1.21 bits per heavy atom. The number of nitrogens with zero attached hydrogens (tertiary/aromatic N) is 4. The highest BCUT2D eigenvalue weighted by Crippen LogP contribution is 2.48. The molecule has 1 saturated carbocycles. The number of anilines is 1. The Morgan fingerprint density at radius 3 is 2.71 bits per heavy atom. The van der Waals surface area contributed by atoms with Gasteiger partial charge in [-0.05, 0) is 31.7 Å². The predicted octanol–water partition coefficient (Wildman–Crippen LogP) is 5.66. The zero-order valence-electron chi connectivity index (χ0n) is 24.8. The Morgan fingerprint density at radius 2 is 1.98 bits per heavy atom. The summed E-state index contributed by atoms with van der Waals surface area (Å²) in [5, 5.41) is 3.12. The van der Waals surface area contributed by atoms with E-state index in [4.69, 9.17) is 19.7 Å². The van der Waals surface area contributed by atoms with Gasteiger partial charge in [0, 0.05) is 12.3 Å². The molecule has 11 nitrogen and oxygen atoms in total. The predicted molar refractivity (Wildman–Crippen MR) is 161 cm³/mol. The van der Waals surface area contributed by atoms with Crippen molar-refractivity contribution in [2.24, 2.45) is 11.8 Å². The minimum atomic E-state index is -3.44. The van der Waals surface area contributed by atoms with Gasteiger partial charge in [-0.25, -0.2) is 10.1 Å². The van der Waals surface area contributed by atoms with Crippen molar-refractivity contribution >= 4 is 30.4 Å². The fraction of sp³-hybridized carbons (Fsp3) is 0.600. The number of hydrogen-bond donors (Lipinski definition) is 2. The van der Waals surface area contributed by atoms with Gasteiger partial charge in [0.15, 0.2) is 11.2 Å². The molecular formula is C30H43N6O5P. The largest absolute Gasteiger partial charge is 0.476 e. The minimum absolute atomic E-state index is 0.0873. The maximum atomic E-state index is 14.2. The molecule has 2 aliphatic rings. The van der Waals surface area contributed by atoms with Crippen LogP contribution in [0.25, 0.3) is 11.2 Å². The summed E-state index contributed by atoms with van der Waals surface area (Å²) in [4.78, 5) is 26.1. The zero-order valence-corrected chi connectivity index (χ0v) is 25.7. The molecule has 2 unspecified atom stereocenters. The summed E-state index contributed by atoms with van der Waals surface area (Å²) in [6.45, 7) is 6.29. The van der Waals surface area contributed by atoms with Gasteiger partial charge < -0.3 is 19.7 Å². The van der Waals surface area contributed by atoms with E-state index in [9.17, 15) is 9.36 Å². The molecule has 12 heteroatoms. The van der Waals surface area contributed by atoms with Crippen molar-refractivity contribution in [1.82, 2.24) is 24.6 Å². The highest BCUT2D eigenvalue weighted by Gasteiger charge is 2.37. The van der Waals surface area contributed by atoms with Crippen molar-refractivity contribution in [3.8, 4) is 5.88 Å². The van der Waals surface area contributed by atoms with Crippen LogP contribution in [0.2, 0.25) is 0 Å². The average Bonchev–Trinajstić information content (AvgIpc) is 3.56. The Hall–Kier alpha value is -2.85. The number of rotatable bonds is 13. The molecule has 0 radical (unpaired) electrons. The lowest BCUT2D eigenvalue weighted by Crippen LogP contribution is -2.34. The number of carbonyl (C=O) groups is 1. The number of ketones is 1. The number of hydrogen-bond acceptors (Lipinski definition) is 9. The standard InChI is InChI=1S/C30H43N6O5P/c1-4-39-28-26-27(33-30(31)34-28)36(19-32-26)29-20(2)15-24(41-29)17-40-42(38,18-23-13-9-6-10-14-23)35-21(3)25(37)16-22-11-7-5-8-12-22/h6,9-10,13-14,19-22,24,29H,4-5,7-8,11-12,15-18H2,1-3H3,(H,35,38)(H2,31,33,34)/t20-,21?,24-,29+,42?/m0/s1. The number of ether oxygens (including phenoxy) is 2. The molecule has 2 fully saturated rings. The molecule has 1 aromatic carbocycles. The third kappa shape index (κ3) is 7.37. The molecule has 1 saturated heterocycles. The second kappa shape index (κ2) is 13.6. The third-order valence-electron chi connectivity index (χ3n) is 8.21. The van der Waals surface area contributed by atoms with E-state index in [0.717, 1.165) is 18.4 Å². The number of benzene rings is 1. The number of nitrogens with one attached hydrogen (secondary N) is 1. The topological polar surface area (TPSA) is 143 Å². The SMILES string of the molecule is CCOc1nc(N)nc2c1ncn2[C@@H]1O[C@H](COP(=O)(Cc2ccccc2)NC(C)C(=O)CC2CCCCC2)C[C@@H]1C. The fourth-order valence-corrected chi connectivity index (χ4v) is 8.16. The first-order chi connectivity index (χ1) is 20.2. The molecule has 2 aromatic heterocycles. The van der Waals surface area contributed by atoms with Gasteiger partial charge in [-0.3, -0.25) is 13.9 Å². The van der Waals surface area contributed by atoms with Gasteiger partial charge in [0.1, 0.15) is 12.0 Å². The molecule has 42 heavy (non-hydrogen) atoms. The summed E-state index contributed by atoms with van der Waals surface area (Å²) in [5.41, 5.74) is 7.88. The number of Topliss-reactive ketones (excluding diaryl/α,β-unsaturated/α-hetero) is 1. The molecule has 5 atom stereocenters. The third-order valence-corrected chi connectivity index (χ3v) is 10.3. The first kappa shape index (κ1) is 30.6. The quantitative estimate of drug-likeness (QED) is 0.237. The van der Waals surface area contributed by atoms with Gasteiger partial charge in [0.05, 0.1) is 37.8 Å². The van der Waals surface area contributed by atoms with Crippen LogP contribution in [0.3, 0.4) is 0 Å². The van der Waals surface area contributed by atoms with Crippen molar-refractivity contribution in [3.63, 3.8) is 0 Å². The molecule has 3 aromatic rings. The van der Waals surface area contributed by atoms with E-state index < -0.39 is 13.6 Å². The smallest absolute Gasteiger partial charge is 0.274 e. The fourth-order valence-electron chi connectivity index (χ4n) is 6.07. The number of nitrogens with two attached hydrogens (primary N) is 1. The van der Waals surface area contributed by atoms with Crippen LogP contribution < -0.4 is 15.6 Å². The summed E-state index contributed by atoms with van der Waals surface area (Å²) in [7, 11) is -3.44. The summed E-state index contributed by atoms with van der Waals surface area (Å²) < 4.78 is 34.3. The van der Waals surface area contributed by atoms with Crippen LogP contribution in [0.4, 0.5) is 5.95 Å². The highest BCUT2D eigenvalue weighted by atomic mass is 31.2. The van der Waals surface area contributed by atoms with Gasteiger partial charge in [-0.1, -0.05) is 69.4 Å². The van der Waals surface area contributed by atoms with Crippen molar-refractivity contribution in [2.45, 2.75) is 90.3 Å². The van der Waals surface area contributed by atoms with Crippen LogP contribution in [0.5, 0.6) is 5.88 Å². The lowest BCUT2D eigenvalue weighted by Gasteiger charge is -2.26. The summed E-state index contributed by atoms with van der Waals surface area (Å²) in [6.07, 6.45) is 8.15. The number of nitrogen functional groups attached to an aromatic ring is 1. The van der Waals surface area contributed by atoms with E-state index in [2.05, 4.69) is 27.0 Å². The number of carbonyl (C=O) groups excluding carboxylic acids is 1. The van der Waals surface area contributed by atoms with Gasteiger partial charge in [-0.2, -0.15) is 9.97 Å². The number of imidazole rings is 1. The maximum absolute atomic E-state index is 14.2. The maximum Gasteiger partial charge on any atom is 0.274 e. The average molecular weight is 599 g/mol. The monoisotopic (exact) mass is 598 g/mol. The first-order valence-corrected chi connectivity index (χ1v) is 16.9. The summed E-state index contributed by atoms with van der Waals surface area (Å²) in [5.74, 6) is 1.03. The van der Waals surface area contributed by atoms with Crippen molar-refractivity contribution in [2.75, 3.05) is 18.9 Å². The van der Waals surface area contributed by atoms with Crippen LogP contribution in [-0.4, -0.2) is 50.7 Å². The lowest BCUT2D eigenvalue weighted by molar-refractivity contribution is -0.121. The molecule has 5 rings (SSSR count). The van der Waals surface area contributed by atoms with Gasteiger partial charge in [0.25, 0.3) is 7.52 Å². The molecule has 3 N–H and O–H groups in total. The Kier molecular flexibility index (Phi) is 9.93. The van der Waals surface area contributed by atoms with E-state index >= 15 is 0 Å². The van der Waals surface area contributed by atoms with E-state index in [-0.39, 0.29) is 42.8 Å². The number of fused-ring (bicyclic) bond motifs is 1. The molecule has 1 aliphatic heterocycles. The second-order valence-electron chi connectivity index (χ2n) is 11.6. The Labute approximate surface area is 247 Å². The van der Waals surface area contributed by atoms with E-state index in [0.29, 0.717) is 42.4 Å². The molecular weight excluding hydrogens is 555 g/mol. The second-order valence-corrected chi connectivity index (χ2v) is 13.8. The normalized spacial score (nSPS) is 23.5. The number of aromatic nitrogens is 4. The van der Waals surface area contributed by atoms with Gasteiger partial charge in [0.2, 0.25) is 11.8 Å².